The predicted molar refractivity (Wildman–Crippen MR) is 137 cm³/mol. The number of nitrogens with one attached hydrogen (secondary N) is 1. The molecule has 1 atom stereocenters. The SMILES string of the molecule is CC(C)(C)NS(=O)(=O)c1ccc(C2(O)C(=O)N(Cc3ccc4ncsc4c3)c3ccccc32)cc1. The van der Waals surface area contributed by atoms with Crippen LogP contribution in [0.15, 0.2) is 77.1 Å². The summed E-state index contributed by atoms with van der Waals surface area (Å²) in [6, 6.07) is 18.8. The number of hydrogen-bond acceptors (Lipinski definition) is 6. The number of nitrogens with zero attached hydrogens (tertiary/aromatic N) is 2. The first-order valence-electron chi connectivity index (χ1n) is 11.1. The van der Waals surface area contributed by atoms with Gasteiger partial charge in [-0.25, -0.2) is 18.1 Å². The fourth-order valence-corrected chi connectivity index (χ4v) is 6.55. The van der Waals surface area contributed by atoms with Crippen molar-refractivity contribution in [2.75, 3.05) is 4.90 Å². The molecule has 1 aliphatic rings. The Morgan fingerprint density at radius 1 is 1.06 bits per heavy atom. The zero-order valence-electron chi connectivity index (χ0n) is 19.5. The fourth-order valence-electron chi connectivity index (χ4n) is 4.39. The number of aromatic nitrogens is 1. The van der Waals surface area contributed by atoms with Gasteiger partial charge in [-0.15, -0.1) is 11.3 Å². The van der Waals surface area contributed by atoms with Crippen LogP contribution in [0.4, 0.5) is 5.69 Å². The Balaban J connectivity index is 1.51. The first kappa shape index (κ1) is 23.6. The molecule has 1 amide bonds. The number of benzene rings is 3. The number of thiazole rings is 1. The highest BCUT2D eigenvalue weighted by atomic mass is 32.2. The number of carbonyl (C=O) groups is 1. The highest BCUT2D eigenvalue weighted by molar-refractivity contribution is 7.89. The van der Waals surface area contributed by atoms with E-state index in [4.69, 9.17) is 0 Å². The van der Waals surface area contributed by atoms with Gasteiger partial charge in [0.2, 0.25) is 10.0 Å². The van der Waals surface area contributed by atoms with E-state index in [2.05, 4.69) is 9.71 Å². The maximum absolute atomic E-state index is 13.7. The van der Waals surface area contributed by atoms with Crippen LogP contribution < -0.4 is 9.62 Å². The number of aliphatic hydroxyl groups is 1. The Kier molecular flexibility index (Phi) is 5.56. The maximum Gasteiger partial charge on any atom is 0.268 e. The number of hydrogen-bond donors (Lipinski definition) is 2. The van der Waals surface area contributed by atoms with Crippen molar-refractivity contribution in [3.63, 3.8) is 0 Å². The first-order valence-corrected chi connectivity index (χ1v) is 13.5. The number of para-hydroxylation sites is 1. The van der Waals surface area contributed by atoms with Gasteiger partial charge in [-0.1, -0.05) is 36.4 Å². The van der Waals surface area contributed by atoms with Crippen LogP contribution in [0.2, 0.25) is 0 Å². The number of anilines is 1. The van der Waals surface area contributed by atoms with E-state index in [1.807, 2.05) is 30.3 Å². The summed E-state index contributed by atoms with van der Waals surface area (Å²) in [6.45, 7) is 5.57. The van der Waals surface area contributed by atoms with Crippen molar-refractivity contribution in [3.05, 3.63) is 88.9 Å². The molecule has 0 saturated heterocycles. The molecule has 35 heavy (non-hydrogen) atoms. The lowest BCUT2D eigenvalue weighted by Gasteiger charge is -2.24. The summed E-state index contributed by atoms with van der Waals surface area (Å²) in [5.41, 5.74) is 2.43. The van der Waals surface area contributed by atoms with E-state index in [9.17, 15) is 18.3 Å². The molecule has 3 aromatic carbocycles. The minimum Gasteiger partial charge on any atom is -0.372 e. The van der Waals surface area contributed by atoms with E-state index in [0.717, 1.165) is 15.8 Å². The van der Waals surface area contributed by atoms with Crippen molar-refractivity contribution in [1.29, 1.82) is 0 Å². The topological polar surface area (TPSA) is 99.6 Å². The van der Waals surface area contributed by atoms with Crippen LogP contribution in [0.1, 0.15) is 37.5 Å². The summed E-state index contributed by atoms with van der Waals surface area (Å²) in [4.78, 5) is 19.6. The van der Waals surface area contributed by atoms with Gasteiger partial charge in [0.1, 0.15) is 0 Å². The molecule has 1 unspecified atom stereocenters. The molecule has 0 aliphatic carbocycles. The largest absolute Gasteiger partial charge is 0.372 e. The molecule has 4 aromatic rings. The van der Waals surface area contributed by atoms with Crippen molar-refractivity contribution < 1.29 is 18.3 Å². The molecule has 0 fully saturated rings. The van der Waals surface area contributed by atoms with E-state index in [1.54, 1.807) is 43.3 Å². The number of carbonyl (C=O) groups excluding carboxylic acids is 1. The van der Waals surface area contributed by atoms with Crippen LogP contribution in [0, 0.1) is 0 Å². The smallest absolute Gasteiger partial charge is 0.268 e. The normalized spacial score (nSPS) is 18.3. The second-order valence-electron chi connectivity index (χ2n) is 9.65. The summed E-state index contributed by atoms with van der Waals surface area (Å²) < 4.78 is 29.0. The molecule has 9 heteroatoms. The summed E-state index contributed by atoms with van der Waals surface area (Å²) in [5, 5.41) is 11.8. The van der Waals surface area contributed by atoms with E-state index in [0.29, 0.717) is 16.8 Å². The van der Waals surface area contributed by atoms with Gasteiger partial charge in [0, 0.05) is 11.1 Å². The Morgan fingerprint density at radius 2 is 1.77 bits per heavy atom. The molecule has 7 nitrogen and oxygen atoms in total. The molecule has 0 spiro atoms. The van der Waals surface area contributed by atoms with Gasteiger partial charge in [-0.05, 0) is 62.2 Å². The third-order valence-corrected chi connectivity index (χ3v) is 8.46. The average molecular weight is 508 g/mol. The van der Waals surface area contributed by atoms with E-state index < -0.39 is 27.1 Å². The lowest BCUT2D eigenvalue weighted by Crippen LogP contribution is -2.41. The van der Waals surface area contributed by atoms with Crippen LogP contribution in [0.25, 0.3) is 10.2 Å². The van der Waals surface area contributed by atoms with Crippen LogP contribution in [0.3, 0.4) is 0 Å². The molecule has 2 heterocycles. The minimum absolute atomic E-state index is 0.0632. The predicted octanol–water partition coefficient (Wildman–Crippen LogP) is 4.16. The highest BCUT2D eigenvalue weighted by Gasteiger charge is 2.51. The molecule has 0 bridgehead atoms. The molecule has 1 aliphatic heterocycles. The standard InChI is InChI=1S/C26H25N3O4S2/c1-25(2,3)28-35(32,33)19-11-9-18(10-12-19)26(31)20-6-4-5-7-22(20)29(24(26)30)15-17-8-13-21-23(14-17)34-16-27-21/h4-14,16,28,31H,15H2,1-3H3. The summed E-state index contributed by atoms with van der Waals surface area (Å²) in [6.07, 6.45) is 0. The molecule has 0 radical (unpaired) electrons. The zero-order valence-corrected chi connectivity index (χ0v) is 21.2. The van der Waals surface area contributed by atoms with Crippen molar-refractivity contribution in [3.8, 4) is 0 Å². The summed E-state index contributed by atoms with van der Waals surface area (Å²) in [7, 11) is -3.75. The Hall–Kier alpha value is -3.11. The van der Waals surface area contributed by atoms with Crippen molar-refractivity contribution >= 4 is 43.2 Å². The Bertz CT molecular complexity index is 1540. The minimum atomic E-state index is -3.75. The van der Waals surface area contributed by atoms with Gasteiger partial charge in [0.15, 0.2) is 5.60 Å². The number of rotatable bonds is 5. The van der Waals surface area contributed by atoms with Gasteiger partial charge < -0.3 is 10.0 Å². The van der Waals surface area contributed by atoms with Gasteiger partial charge in [-0.2, -0.15) is 0 Å². The summed E-state index contributed by atoms with van der Waals surface area (Å²) in [5.74, 6) is -0.480. The van der Waals surface area contributed by atoms with E-state index in [-0.39, 0.29) is 11.4 Å². The Morgan fingerprint density at radius 3 is 2.49 bits per heavy atom. The average Bonchev–Trinajstić information content (AvgIpc) is 3.35. The third kappa shape index (κ3) is 4.14. The van der Waals surface area contributed by atoms with Crippen LogP contribution in [-0.4, -0.2) is 30.0 Å². The second-order valence-corrected chi connectivity index (χ2v) is 12.2. The van der Waals surface area contributed by atoms with Gasteiger partial charge >= 0.3 is 0 Å². The molecular formula is C26H25N3O4S2. The van der Waals surface area contributed by atoms with Crippen LogP contribution >= 0.6 is 11.3 Å². The number of amides is 1. The first-order chi connectivity index (χ1) is 16.5. The van der Waals surface area contributed by atoms with Crippen LogP contribution in [-0.2, 0) is 27.0 Å². The Labute approximate surface area is 208 Å². The van der Waals surface area contributed by atoms with Gasteiger partial charge in [0.05, 0.1) is 32.9 Å². The van der Waals surface area contributed by atoms with Crippen molar-refractivity contribution in [1.82, 2.24) is 9.71 Å². The third-order valence-electron chi connectivity index (χ3n) is 5.90. The van der Waals surface area contributed by atoms with E-state index >= 15 is 0 Å². The van der Waals surface area contributed by atoms with Crippen molar-refractivity contribution in [2.24, 2.45) is 0 Å². The zero-order chi connectivity index (χ0) is 25.0. The number of fused-ring (bicyclic) bond motifs is 2. The van der Waals surface area contributed by atoms with Gasteiger partial charge in [-0.3, -0.25) is 4.79 Å². The lowest BCUT2D eigenvalue weighted by atomic mass is 9.87. The highest BCUT2D eigenvalue weighted by Crippen LogP contribution is 2.45. The lowest BCUT2D eigenvalue weighted by molar-refractivity contribution is -0.132. The quantitative estimate of drug-likeness (QED) is 0.423. The molecule has 0 saturated carbocycles. The van der Waals surface area contributed by atoms with E-state index in [1.165, 1.54) is 35.6 Å². The van der Waals surface area contributed by atoms with Crippen molar-refractivity contribution in [2.45, 2.75) is 43.4 Å². The summed E-state index contributed by atoms with van der Waals surface area (Å²) >= 11 is 1.53. The monoisotopic (exact) mass is 507 g/mol. The molecule has 2 N–H and O–H groups in total. The fraction of sp³-hybridized carbons (Fsp3) is 0.231. The molecular weight excluding hydrogens is 482 g/mol. The van der Waals surface area contributed by atoms with Crippen LogP contribution in [0.5, 0.6) is 0 Å². The number of sulfonamides is 1. The maximum atomic E-state index is 13.7. The molecule has 180 valence electrons. The van der Waals surface area contributed by atoms with Gasteiger partial charge in [0.25, 0.3) is 5.91 Å². The molecule has 1 aromatic heterocycles. The molecule has 5 rings (SSSR count). The second kappa shape index (κ2) is 8.23.